The fourth-order valence-electron chi connectivity index (χ4n) is 2.15. The zero-order chi connectivity index (χ0) is 21.7. The van der Waals surface area contributed by atoms with Crippen LogP contribution in [0.15, 0.2) is 53.6 Å². The van der Waals surface area contributed by atoms with E-state index in [1.165, 1.54) is 12.1 Å². The molecule has 0 heterocycles. The minimum Gasteiger partial charge on any atom is -0.376 e. The van der Waals surface area contributed by atoms with E-state index in [4.69, 9.17) is 11.6 Å². The van der Waals surface area contributed by atoms with Gasteiger partial charge in [0.05, 0.1) is 5.71 Å². The topological polar surface area (TPSA) is 84.8 Å². The Balaban J connectivity index is 2.35. The Kier molecular flexibility index (Phi) is 7.26. The van der Waals surface area contributed by atoms with Gasteiger partial charge in [0, 0.05) is 22.6 Å². The summed E-state index contributed by atoms with van der Waals surface area (Å²) < 4.78 is 63.6. The van der Waals surface area contributed by atoms with Crippen molar-refractivity contribution in [3.05, 3.63) is 64.7 Å². The van der Waals surface area contributed by atoms with Crippen LogP contribution in [0.3, 0.4) is 0 Å². The largest absolute Gasteiger partial charge is 0.534 e. The Hall–Kier alpha value is -2.59. The highest BCUT2D eigenvalue weighted by Crippen LogP contribution is 2.27. The molecular formula is C18H16ClF3N2O4S. The molecule has 0 atom stereocenters. The molecule has 0 spiro atoms. The average Bonchev–Trinajstić information content (AvgIpc) is 2.63. The zero-order valence-electron chi connectivity index (χ0n) is 15.0. The molecule has 1 amide bonds. The van der Waals surface area contributed by atoms with Crippen LogP contribution >= 0.6 is 11.6 Å². The first-order valence-corrected chi connectivity index (χ1v) is 10.1. The zero-order valence-corrected chi connectivity index (χ0v) is 16.6. The number of hydrazone groups is 1. The monoisotopic (exact) mass is 448 g/mol. The van der Waals surface area contributed by atoms with Gasteiger partial charge in [-0.05, 0) is 42.8 Å². The summed E-state index contributed by atoms with van der Waals surface area (Å²) in [5.41, 5.74) is -1.85. The van der Waals surface area contributed by atoms with Gasteiger partial charge in [0.1, 0.15) is 5.75 Å². The molecule has 0 bridgehead atoms. The van der Waals surface area contributed by atoms with E-state index in [2.05, 4.69) is 14.7 Å². The van der Waals surface area contributed by atoms with Crippen LogP contribution in [0.1, 0.15) is 30.9 Å². The van der Waals surface area contributed by atoms with Crippen molar-refractivity contribution in [1.82, 2.24) is 5.43 Å². The number of nitrogens with zero attached hydrogens (tertiary/aromatic N) is 1. The number of carbonyl (C=O) groups excluding carboxylic acids is 1. The van der Waals surface area contributed by atoms with Crippen molar-refractivity contribution in [2.75, 3.05) is 0 Å². The number of alkyl halides is 3. The van der Waals surface area contributed by atoms with Crippen molar-refractivity contribution in [2.45, 2.75) is 25.3 Å². The first-order valence-electron chi connectivity index (χ1n) is 8.27. The summed E-state index contributed by atoms with van der Waals surface area (Å²) in [4.78, 5) is 11.7. The molecule has 0 aliphatic carbocycles. The second-order valence-corrected chi connectivity index (χ2v) is 7.73. The Morgan fingerprint density at radius 2 is 1.59 bits per heavy atom. The number of amides is 1. The summed E-state index contributed by atoms with van der Waals surface area (Å²) in [6.45, 7) is 1.83. The lowest BCUT2D eigenvalue weighted by molar-refractivity contribution is -0.121. The van der Waals surface area contributed by atoms with Crippen LogP contribution in [0.4, 0.5) is 13.2 Å². The Morgan fingerprint density at radius 3 is 2.07 bits per heavy atom. The molecule has 0 radical (unpaired) electrons. The van der Waals surface area contributed by atoms with Crippen LogP contribution < -0.4 is 9.61 Å². The third-order valence-corrected chi connectivity index (χ3v) is 4.74. The quantitative estimate of drug-likeness (QED) is 0.297. The predicted molar refractivity (Wildman–Crippen MR) is 102 cm³/mol. The maximum Gasteiger partial charge on any atom is 0.534 e. The maximum atomic E-state index is 12.4. The number of benzene rings is 2. The molecule has 29 heavy (non-hydrogen) atoms. The van der Waals surface area contributed by atoms with Crippen molar-refractivity contribution >= 4 is 33.3 Å². The molecular weight excluding hydrogens is 433 g/mol. The number of nitrogens with one attached hydrogen (secondary N) is 1. The molecule has 0 saturated carbocycles. The van der Waals surface area contributed by atoms with E-state index < -0.39 is 21.4 Å². The average molecular weight is 449 g/mol. The summed E-state index contributed by atoms with van der Waals surface area (Å²) in [5, 5.41) is 4.57. The molecule has 11 heteroatoms. The number of hydrogen-bond donors (Lipinski definition) is 1. The fraction of sp³-hybridized carbons (Fsp3) is 0.222. The molecule has 156 valence electrons. The Morgan fingerprint density at radius 1 is 1.07 bits per heavy atom. The summed E-state index contributed by atoms with van der Waals surface area (Å²) in [6, 6.07) is 11.2. The molecule has 2 aromatic rings. The van der Waals surface area contributed by atoms with E-state index in [1.54, 1.807) is 24.3 Å². The predicted octanol–water partition coefficient (Wildman–Crippen LogP) is 4.24. The molecule has 0 saturated heterocycles. The fourth-order valence-corrected chi connectivity index (χ4v) is 2.73. The molecule has 0 aliphatic heterocycles. The van der Waals surface area contributed by atoms with Crippen LogP contribution in [-0.4, -0.2) is 25.5 Å². The smallest absolute Gasteiger partial charge is 0.376 e. The first kappa shape index (κ1) is 22.7. The molecule has 0 aromatic heterocycles. The lowest BCUT2D eigenvalue weighted by atomic mass is 10.0. The van der Waals surface area contributed by atoms with Gasteiger partial charge in [-0.3, -0.25) is 4.79 Å². The molecule has 0 fully saturated rings. The first-order chi connectivity index (χ1) is 13.5. The Bertz CT molecular complexity index is 989. The van der Waals surface area contributed by atoms with Crippen LogP contribution in [-0.2, 0) is 14.9 Å². The molecule has 6 nitrogen and oxygen atoms in total. The van der Waals surface area contributed by atoms with Gasteiger partial charge in [0.2, 0.25) is 5.91 Å². The molecule has 0 unspecified atom stereocenters. The van der Waals surface area contributed by atoms with Crippen LogP contribution in [0.5, 0.6) is 5.75 Å². The lowest BCUT2D eigenvalue weighted by Gasteiger charge is -2.11. The van der Waals surface area contributed by atoms with E-state index in [9.17, 15) is 26.4 Å². The van der Waals surface area contributed by atoms with Gasteiger partial charge >= 0.3 is 15.6 Å². The van der Waals surface area contributed by atoms with Crippen molar-refractivity contribution in [3.8, 4) is 5.75 Å². The number of hydrogen-bond acceptors (Lipinski definition) is 5. The standard InChI is InChI=1S/C18H16ClF3N2O4S/c1-2-3-16(25)23-24-17(12-4-8-14(19)9-5-12)13-6-10-15(11-7-13)28-29(26,27)18(20,21)22/h4-11H,2-3H2,1H3,(H,23,25). The van der Waals surface area contributed by atoms with Gasteiger partial charge in [-0.15, -0.1) is 0 Å². The van der Waals surface area contributed by atoms with Crippen molar-refractivity contribution < 1.29 is 30.6 Å². The minimum absolute atomic E-state index is 0.263. The van der Waals surface area contributed by atoms with Crippen LogP contribution in [0, 0.1) is 0 Å². The van der Waals surface area contributed by atoms with Crippen LogP contribution in [0.2, 0.25) is 5.02 Å². The highest BCUT2D eigenvalue weighted by atomic mass is 35.5. The van der Waals surface area contributed by atoms with Crippen molar-refractivity contribution in [2.24, 2.45) is 5.10 Å². The lowest BCUT2D eigenvalue weighted by Crippen LogP contribution is -2.28. The van der Waals surface area contributed by atoms with E-state index in [1.807, 2.05) is 6.92 Å². The van der Waals surface area contributed by atoms with Gasteiger partial charge < -0.3 is 4.18 Å². The summed E-state index contributed by atoms with van der Waals surface area (Å²) >= 11 is 5.88. The normalized spacial score (nSPS) is 12.5. The SMILES string of the molecule is CCCC(=O)NN=C(c1ccc(Cl)cc1)c1ccc(OS(=O)(=O)C(F)(F)F)cc1. The third-order valence-electron chi connectivity index (χ3n) is 3.50. The number of rotatable bonds is 7. The molecule has 0 aliphatic rings. The summed E-state index contributed by atoms with van der Waals surface area (Å²) in [6.07, 6.45) is 0.886. The highest BCUT2D eigenvalue weighted by molar-refractivity contribution is 7.88. The minimum atomic E-state index is -5.77. The van der Waals surface area contributed by atoms with E-state index in [0.29, 0.717) is 28.3 Å². The maximum absolute atomic E-state index is 12.4. The Labute approximate surface area is 170 Å². The van der Waals surface area contributed by atoms with E-state index in [-0.39, 0.29) is 12.3 Å². The van der Waals surface area contributed by atoms with Crippen LogP contribution in [0.25, 0.3) is 0 Å². The highest BCUT2D eigenvalue weighted by Gasteiger charge is 2.48. The number of carbonyl (C=O) groups is 1. The van der Waals surface area contributed by atoms with Gasteiger partial charge in [0.25, 0.3) is 0 Å². The van der Waals surface area contributed by atoms with E-state index >= 15 is 0 Å². The van der Waals surface area contributed by atoms with Crippen molar-refractivity contribution in [3.63, 3.8) is 0 Å². The number of halogens is 4. The molecule has 2 rings (SSSR count). The summed E-state index contributed by atoms with van der Waals surface area (Å²) in [5.74, 6) is -0.827. The van der Waals surface area contributed by atoms with Crippen molar-refractivity contribution in [1.29, 1.82) is 0 Å². The van der Waals surface area contributed by atoms with Gasteiger partial charge in [-0.1, -0.05) is 30.7 Å². The second kappa shape index (κ2) is 9.27. The third kappa shape index (κ3) is 6.20. The summed E-state index contributed by atoms with van der Waals surface area (Å²) in [7, 11) is -5.77. The molecule has 2 aromatic carbocycles. The molecule has 1 N–H and O–H groups in total. The second-order valence-electron chi connectivity index (χ2n) is 5.76. The van der Waals surface area contributed by atoms with Gasteiger partial charge in [-0.2, -0.15) is 26.7 Å². The van der Waals surface area contributed by atoms with Gasteiger partial charge in [-0.25, -0.2) is 5.43 Å². The van der Waals surface area contributed by atoms with E-state index in [0.717, 1.165) is 12.1 Å². The van der Waals surface area contributed by atoms with Gasteiger partial charge in [0.15, 0.2) is 0 Å².